The van der Waals surface area contributed by atoms with E-state index in [0.29, 0.717) is 23.7 Å². The van der Waals surface area contributed by atoms with Crippen LogP contribution in [0.5, 0.6) is 5.75 Å². The fourth-order valence-electron chi connectivity index (χ4n) is 2.74. The summed E-state index contributed by atoms with van der Waals surface area (Å²) in [5.41, 5.74) is 4.80. The Hall–Kier alpha value is -3.22. The maximum absolute atomic E-state index is 5.86. The summed E-state index contributed by atoms with van der Waals surface area (Å²) in [5.74, 6) is 1.46. The molecule has 0 amide bonds. The summed E-state index contributed by atoms with van der Waals surface area (Å²) in [5, 5.41) is 12.4. The number of fused-ring (bicyclic) bond motifs is 3. The lowest BCUT2D eigenvalue weighted by atomic mass is 10.1. The summed E-state index contributed by atoms with van der Waals surface area (Å²) in [6, 6.07) is 7.86. The molecule has 4 aromatic rings. The standard InChI is InChI=1S/C18H17N5O2/c1-10-11(2)22-23-18-14(10)15-16(25-18)17(21-9-20-15)19-8-12-4-6-13(24-3)7-5-12/h4-7,9H,8H2,1-3H3,(H,19,20,21). The average molecular weight is 335 g/mol. The van der Waals surface area contributed by atoms with E-state index in [9.17, 15) is 0 Å². The first kappa shape index (κ1) is 15.3. The van der Waals surface area contributed by atoms with Gasteiger partial charge in [0.05, 0.1) is 18.2 Å². The highest BCUT2D eigenvalue weighted by atomic mass is 16.5. The van der Waals surface area contributed by atoms with Crippen molar-refractivity contribution < 1.29 is 9.15 Å². The lowest BCUT2D eigenvalue weighted by Gasteiger charge is -2.06. The Balaban J connectivity index is 1.71. The molecule has 7 nitrogen and oxygen atoms in total. The van der Waals surface area contributed by atoms with E-state index in [1.165, 1.54) is 6.33 Å². The molecule has 0 fully saturated rings. The lowest BCUT2D eigenvalue weighted by Crippen LogP contribution is -2.02. The van der Waals surface area contributed by atoms with Gasteiger partial charge < -0.3 is 14.5 Å². The molecule has 0 aliphatic rings. The number of hydrogen-bond donors (Lipinski definition) is 1. The van der Waals surface area contributed by atoms with Crippen LogP contribution in [0.4, 0.5) is 5.82 Å². The first-order valence-corrected chi connectivity index (χ1v) is 7.91. The van der Waals surface area contributed by atoms with Crippen LogP contribution in [0.2, 0.25) is 0 Å². The van der Waals surface area contributed by atoms with Gasteiger partial charge in [0.15, 0.2) is 11.4 Å². The van der Waals surface area contributed by atoms with Gasteiger partial charge in [-0.1, -0.05) is 12.1 Å². The molecular weight excluding hydrogens is 318 g/mol. The van der Waals surface area contributed by atoms with Crippen molar-refractivity contribution >= 4 is 28.0 Å². The molecule has 0 aliphatic carbocycles. The van der Waals surface area contributed by atoms with E-state index in [1.807, 2.05) is 38.1 Å². The molecule has 3 heterocycles. The SMILES string of the molecule is COc1ccc(CNc2ncnc3c2oc2nnc(C)c(C)c23)cc1. The first-order chi connectivity index (χ1) is 12.2. The highest BCUT2D eigenvalue weighted by Gasteiger charge is 2.17. The number of hydrogen-bond acceptors (Lipinski definition) is 7. The number of nitrogens with one attached hydrogen (secondary N) is 1. The quantitative estimate of drug-likeness (QED) is 0.611. The molecule has 25 heavy (non-hydrogen) atoms. The molecule has 126 valence electrons. The number of nitrogens with zero attached hydrogens (tertiary/aromatic N) is 4. The fraction of sp³-hybridized carbons (Fsp3) is 0.222. The van der Waals surface area contributed by atoms with Gasteiger partial charge in [0.25, 0.3) is 0 Å². The Bertz CT molecular complexity index is 1060. The monoisotopic (exact) mass is 335 g/mol. The van der Waals surface area contributed by atoms with Gasteiger partial charge in [-0.3, -0.25) is 0 Å². The van der Waals surface area contributed by atoms with Crippen LogP contribution in [0, 0.1) is 13.8 Å². The maximum atomic E-state index is 5.86. The van der Waals surface area contributed by atoms with Crippen LogP contribution in [-0.2, 0) is 6.54 Å². The van der Waals surface area contributed by atoms with E-state index in [4.69, 9.17) is 9.15 Å². The Morgan fingerprint density at radius 1 is 1.08 bits per heavy atom. The number of methoxy groups -OCH3 is 1. The Kier molecular flexibility index (Phi) is 3.68. The van der Waals surface area contributed by atoms with Crippen molar-refractivity contribution in [2.24, 2.45) is 0 Å². The smallest absolute Gasteiger partial charge is 0.249 e. The molecule has 1 N–H and O–H groups in total. The van der Waals surface area contributed by atoms with E-state index in [-0.39, 0.29) is 0 Å². The second kappa shape index (κ2) is 6.01. The number of aryl methyl sites for hydroxylation is 2. The first-order valence-electron chi connectivity index (χ1n) is 7.91. The summed E-state index contributed by atoms with van der Waals surface area (Å²) in [7, 11) is 1.65. The van der Waals surface area contributed by atoms with Crippen molar-refractivity contribution in [3.8, 4) is 5.75 Å². The normalized spacial score (nSPS) is 11.2. The molecule has 0 bridgehead atoms. The third-order valence-electron chi connectivity index (χ3n) is 4.28. The molecule has 3 aromatic heterocycles. The van der Waals surface area contributed by atoms with Gasteiger partial charge in [0, 0.05) is 6.54 Å². The highest BCUT2D eigenvalue weighted by molar-refractivity contribution is 6.05. The van der Waals surface area contributed by atoms with Crippen molar-refractivity contribution in [2.45, 2.75) is 20.4 Å². The van der Waals surface area contributed by atoms with Crippen LogP contribution in [0.15, 0.2) is 35.0 Å². The van der Waals surface area contributed by atoms with Crippen molar-refractivity contribution in [1.29, 1.82) is 0 Å². The van der Waals surface area contributed by atoms with E-state index < -0.39 is 0 Å². The molecule has 0 aliphatic heterocycles. The summed E-state index contributed by atoms with van der Waals surface area (Å²) in [6.07, 6.45) is 1.53. The molecule has 0 saturated heterocycles. The van der Waals surface area contributed by atoms with Crippen molar-refractivity contribution in [3.05, 3.63) is 47.4 Å². The van der Waals surface area contributed by atoms with Crippen molar-refractivity contribution in [1.82, 2.24) is 20.2 Å². The second-order valence-corrected chi connectivity index (χ2v) is 5.79. The van der Waals surface area contributed by atoms with Crippen LogP contribution in [-0.4, -0.2) is 27.3 Å². The molecule has 0 atom stereocenters. The summed E-state index contributed by atoms with van der Waals surface area (Å²) < 4.78 is 11.0. The zero-order valence-electron chi connectivity index (χ0n) is 14.2. The highest BCUT2D eigenvalue weighted by Crippen LogP contribution is 2.32. The summed E-state index contributed by atoms with van der Waals surface area (Å²) >= 11 is 0. The van der Waals surface area contributed by atoms with Gasteiger partial charge >= 0.3 is 0 Å². The Labute approximate surface area is 144 Å². The number of rotatable bonds is 4. The Morgan fingerprint density at radius 2 is 1.88 bits per heavy atom. The third-order valence-corrected chi connectivity index (χ3v) is 4.28. The molecule has 0 unspecified atom stereocenters. The van der Waals surface area contributed by atoms with Crippen molar-refractivity contribution in [2.75, 3.05) is 12.4 Å². The van der Waals surface area contributed by atoms with Gasteiger partial charge in [-0.15, -0.1) is 5.10 Å². The zero-order valence-corrected chi connectivity index (χ0v) is 14.2. The van der Waals surface area contributed by atoms with E-state index >= 15 is 0 Å². The largest absolute Gasteiger partial charge is 0.497 e. The topological polar surface area (TPSA) is 86.0 Å². The van der Waals surface area contributed by atoms with Gasteiger partial charge in [0.2, 0.25) is 5.71 Å². The van der Waals surface area contributed by atoms with Crippen LogP contribution >= 0.6 is 0 Å². The van der Waals surface area contributed by atoms with Crippen LogP contribution in [0.25, 0.3) is 22.2 Å². The van der Waals surface area contributed by atoms with Gasteiger partial charge in [-0.05, 0) is 37.1 Å². The summed E-state index contributed by atoms with van der Waals surface area (Å²) in [6.45, 7) is 4.52. The number of aromatic nitrogens is 4. The number of benzene rings is 1. The molecule has 0 radical (unpaired) electrons. The number of furan rings is 1. The second-order valence-electron chi connectivity index (χ2n) is 5.79. The zero-order chi connectivity index (χ0) is 17.4. The van der Waals surface area contributed by atoms with E-state index in [2.05, 4.69) is 25.5 Å². The van der Waals surface area contributed by atoms with Crippen LogP contribution in [0.3, 0.4) is 0 Å². The van der Waals surface area contributed by atoms with Gasteiger partial charge in [-0.25, -0.2) is 9.97 Å². The molecular formula is C18H17N5O2. The van der Waals surface area contributed by atoms with Crippen LogP contribution in [0.1, 0.15) is 16.8 Å². The molecule has 1 aromatic carbocycles. The molecule has 7 heteroatoms. The fourth-order valence-corrected chi connectivity index (χ4v) is 2.74. The van der Waals surface area contributed by atoms with E-state index in [1.54, 1.807) is 7.11 Å². The van der Waals surface area contributed by atoms with E-state index in [0.717, 1.165) is 33.5 Å². The minimum atomic E-state index is 0.478. The van der Waals surface area contributed by atoms with Crippen molar-refractivity contribution in [3.63, 3.8) is 0 Å². The number of anilines is 1. The Morgan fingerprint density at radius 3 is 2.64 bits per heavy atom. The predicted octanol–water partition coefficient (Wildman–Crippen LogP) is 3.40. The molecule has 4 rings (SSSR count). The third kappa shape index (κ3) is 2.63. The van der Waals surface area contributed by atoms with Gasteiger partial charge in [0.1, 0.15) is 17.6 Å². The molecule has 0 saturated carbocycles. The lowest BCUT2D eigenvalue weighted by molar-refractivity contribution is 0.414. The minimum absolute atomic E-state index is 0.478. The average Bonchev–Trinajstić information content (AvgIpc) is 3.03. The number of ether oxygens (including phenoxy) is 1. The molecule has 0 spiro atoms. The van der Waals surface area contributed by atoms with Gasteiger partial charge in [-0.2, -0.15) is 5.10 Å². The van der Waals surface area contributed by atoms with Crippen LogP contribution < -0.4 is 10.1 Å². The minimum Gasteiger partial charge on any atom is -0.497 e. The predicted molar refractivity (Wildman–Crippen MR) is 94.7 cm³/mol. The maximum Gasteiger partial charge on any atom is 0.249 e. The summed E-state index contributed by atoms with van der Waals surface area (Å²) in [4.78, 5) is 8.69.